The summed E-state index contributed by atoms with van der Waals surface area (Å²) in [4.78, 5) is 24.2. The Bertz CT molecular complexity index is 1360. The molecule has 2 N–H and O–H groups in total. The van der Waals surface area contributed by atoms with E-state index in [-0.39, 0.29) is 43.2 Å². The number of nitrogens with zero attached hydrogens (tertiary/aromatic N) is 2. The Morgan fingerprint density at radius 2 is 1.87 bits per heavy atom. The van der Waals surface area contributed by atoms with Crippen molar-refractivity contribution >= 4 is 16.1 Å². The van der Waals surface area contributed by atoms with Gasteiger partial charge in [0.25, 0.3) is 0 Å². The number of amides is 1. The second-order valence-corrected chi connectivity index (χ2v) is 14.5. The molecular weight excluding hydrogens is 602 g/mol. The van der Waals surface area contributed by atoms with E-state index in [9.17, 15) is 23.2 Å². The van der Waals surface area contributed by atoms with Crippen molar-refractivity contribution in [3.63, 3.8) is 0 Å². The third-order valence-electron chi connectivity index (χ3n) is 8.42. The van der Waals surface area contributed by atoms with Gasteiger partial charge >= 0.3 is 6.09 Å². The van der Waals surface area contributed by atoms with Gasteiger partial charge in [0, 0.05) is 13.1 Å². The monoisotopic (exact) mass is 647 g/mol. The molecule has 0 aromatic heterocycles. The van der Waals surface area contributed by atoms with Crippen LogP contribution >= 0.6 is 0 Å². The van der Waals surface area contributed by atoms with Gasteiger partial charge in [-0.15, -0.1) is 0 Å². The van der Waals surface area contributed by atoms with Crippen molar-refractivity contribution in [1.82, 2.24) is 9.62 Å². The van der Waals surface area contributed by atoms with Crippen molar-refractivity contribution < 1.29 is 37.3 Å². The predicted octanol–water partition coefficient (Wildman–Crippen LogP) is 4.11. The fraction of sp³-hybridized carbons (Fsp3) is 0.594. The molecule has 6 atom stereocenters. The number of aliphatic hydroxyl groups excluding tert-OH is 1. The number of ether oxygens (including phenoxy) is 4. The number of alkyl carbamates (subject to hydrolysis) is 1. The second-order valence-electron chi connectivity index (χ2n) is 12.6. The average Bonchev–Trinajstić information content (AvgIpc) is 3.65. The number of carbonyl (C=O) groups is 1. The van der Waals surface area contributed by atoms with Gasteiger partial charge in [0.1, 0.15) is 11.9 Å². The highest BCUT2D eigenvalue weighted by Gasteiger charge is 2.44. The molecule has 0 saturated carbocycles. The van der Waals surface area contributed by atoms with E-state index in [0.29, 0.717) is 31.6 Å². The molecule has 5 unspecified atom stereocenters. The van der Waals surface area contributed by atoms with E-state index in [4.69, 9.17) is 18.9 Å². The Hall–Kier alpha value is -3.10. The zero-order chi connectivity index (χ0) is 32.6. The smallest absolute Gasteiger partial charge is 0.407 e. The molecular formula is C32H45N3O9S. The molecule has 2 fully saturated rings. The molecule has 0 radical (unpaired) electrons. The van der Waals surface area contributed by atoms with Crippen LogP contribution in [0.15, 0.2) is 64.7 Å². The normalized spacial score (nSPS) is 22.0. The molecule has 13 heteroatoms. The molecule has 0 bridgehead atoms. The van der Waals surface area contributed by atoms with Crippen molar-refractivity contribution in [2.45, 2.75) is 81.9 Å². The van der Waals surface area contributed by atoms with E-state index < -0.39 is 45.8 Å². The number of hydrogen-bond acceptors (Lipinski definition) is 10. The highest BCUT2D eigenvalue weighted by molar-refractivity contribution is 7.89. The summed E-state index contributed by atoms with van der Waals surface area (Å²) in [6.45, 7) is 6.04. The second kappa shape index (κ2) is 15.5. The minimum Gasteiger partial charge on any atom is -0.497 e. The number of aliphatic hydroxyl groups is 1. The quantitative estimate of drug-likeness (QED) is 0.256. The predicted molar refractivity (Wildman–Crippen MR) is 167 cm³/mol. The number of rotatable bonds is 16. The first-order valence-electron chi connectivity index (χ1n) is 15.3. The van der Waals surface area contributed by atoms with Gasteiger partial charge in [0.05, 0.1) is 49.3 Å². The minimum atomic E-state index is -4.10. The Balaban J connectivity index is 1.57. The van der Waals surface area contributed by atoms with E-state index in [2.05, 4.69) is 10.5 Å². The van der Waals surface area contributed by atoms with Crippen molar-refractivity contribution in [2.75, 3.05) is 33.4 Å². The number of nitroso groups, excluding NO2 is 1. The number of nitrogens with one attached hydrogen (secondary N) is 1. The Morgan fingerprint density at radius 3 is 2.53 bits per heavy atom. The standard InChI is InChI=1S/C32H45N3O9S/c1-22(34-38)14-16-32(2,3)21-35(45(39,40)25-12-10-24(41-4)11-13-25)19-28(36)27(18-23-8-6-5-7-9-23)33-31(37)44-29-20-43-30-26(29)15-17-42-30/h5-13,22,26-30,36H,14-21H2,1-4H3,(H,33,37)/t22?,26?,27-,28?,29?,30?/m0/s1. The van der Waals surface area contributed by atoms with Gasteiger partial charge in [-0.05, 0) is 67.9 Å². The van der Waals surface area contributed by atoms with Crippen molar-refractivity contribution in [2.24, 2.45) is 16.5 Å². The number of hydrogen-bond donors (Lipinski definition) is 2. The van der Waals surface area contributed by atoms with Crippen LogP contribution in [-0.4, -0.2) is 87.9 Å². The topological polar surface area (TPSA) is 153 Å². The molecule has 0 aliphatic carbocycles. The lowest BCUT2D eigenvalue weighted by atomic mass is 9.86. The van der Waals surface area contributed by atoms with Crippen LogP contribution in [0.5, 0.6) is 5.75 Å². The molecule has 1 amide bonds. The number of sulfonamides is 1. The molecule has 2 aliphatic rings. The van der Waals surface area contributed by atoms with Gasteiger partial charge < -0.3 is 29.4 Å². The molecule has 0 spiro atoms. The van der Waals surface area contributed by atoms with Crippen LogP contribution in [0.1, 0.15) is 45.6 Å². The van der Waals surface area contributed by atoms with E-state index in [1.807, 2.05) is 44.2 Å². The minimum absolute atomic E-state index is 0.0378. The Morgan fingerprint density at radius 1 is 1.16 bits per heavy atom. The summed E-state index contributed by atoms with van der Waals surface area (Å²) in [5, 5.41) is 17.5. The van der Waals surface area contributed by atoms with Crippen LogP contribution in [-0.2, 0) is 30.7 Å². The van der Waals surface area contributed by atoms with E-state index in [1.54, 1.807) is 19.1 Å². The molecule has 2 heterocycles. The van der Waals surface area contributed by atoms with E-state index in [0.717, 1.165) is 5.56 Å². The molecule has 2 aromatic rings. The fourth-order valence-corrected chi connectivity index (χ4v) is 7.36. The van der Waals surface area contributed by atoms with Gasteiger partial charge in [-0.1, -0.05) is 49.4 Å². The lowest BCUT2D eigenvalue weighted by Crippen LogP contribution is -2.52. The van der Waals surface area contributed by atoms with Gasteiger partial charge in [0.2, 0.25) is 10.0 Å². The summed E-state index contributed by atoms with van der Waals surface area (Å²) in [6.07, 6.45) is -0.947. The molecule has 248 valence electrons. The van der Waals surface area contributed by atoms with Gasteiger partial charge in [-0.3, -0.25) is 0 Å². The van der Waals surface area contributed by atoms with Gasteiger partial charge in [0.15, 0.2) is 6.29 Å². The lowest BCUT2D eigenvalue weighted by Gasteiger charge is -2.35. The zero-order valence-corrected chi connectivity index (χ0v) is 27.1. The molecule has 2 aromatic carbocycles. The Kier molecular flexibility index (Phi) is 11.9. The van der Waals surface area contributed by atoms with E-state index >= 15 is 0 Å². The summed E-state index contributed by atoms with van der Waals surface area (Å²) in [6, 6.07) is 14.1. The summed E-state index contributed by atoms with van der Waals surface area (Å²) in [5.74, 6) is 0.447. The molecule has 12 nitrogen and oxygen atoms in total. The highest BCUT2D eigenvalue weighted by Crippen LogP contribution is 2.33. The van der Waals surface area contributed by atoms with Crippen LogP contribution < -0.4 is 10.1 Å². The third kappa shape index (κ3) is 9.46. The van der Waals surface area contributed by atoms with Gasteiger partial charge in [-0.2, -0.15) is 9.21 Å². The van der Waals surface area contributed by atoms with Crippen LogP contribution in [0, 0.1) is 16.2 Å². The maximum atomic E-state index is 14.0. The maximum absolute atomic E-state index is 14.0. The molecule has 2 aliphatic heterocycles. The number of carbonyl (C=O) groups excluding carboxylic acids is 1. The van der Waals surface area contributed by atoms with Crippen molar-refractivity contribution in [3.8, 4) is 5.75 Å². The highest BCUT2D eigenvalue weighted by atomic mass is 32.2. The molecule has 4 rings (SSSR count). The number of fused-ring (bicyclic) bond motifs is 1. The first-order chi connectivity index (χ1) is 21.4. The molecule has 45 heavy (non-hydrogen) atoms. The van der Waals surface area contributed by atoms with Crippen LogP contribution in [0.2, 0.25) is 0 Å². The van der Waals surface area contributed by atoms with Crippen LogP contribution in [0.3, 0.4) is 0 Å². The maximum Gasteiger partial charge on any atom is 0.407 e. The number of methoxy groups -OCH3 is 1. The van der Waals surface area contributed by atoms with Crippen molar-refractivity contribution in [1.29, 1.82) is 0 Å². The van der Waals surface area contributed by atoms with Crippen LogP contribution in [0.4, 0.5) is 4.79 Å². The van der Waals surface area contributed by atoms with Crippen molar-refractivity contribution in [3.05, 3.63) is 65.1 Å². The lowest BCUT2D eigenvalue weighted by molar-refractivity contribution is -0.0907. The largest absolute Gasteiger partial charge is 0.497 e. The summed E-state index contributed by atoms with van der Waals surface area (Å²) in [7, 11) is -2.61. The van der Waals surface area contributed by atoms with E-state index in [1.165, 1.54) is 23.5 Å². The zero-order valence-electron chi connectivity index (χ0n) is 26.3. The molecule has 2 saturated heterocycles. The SMILES string of the molecule is COc1ccc(S(=O)(=O)N(CC(O)[C@H](Cc2ccccc2)NC(=O)OC2COC3OCCC23)CC(C)(C)CCC(C)N=O)cc1. The summed E-state index contributed by atoms with van der Waals surface area (Å²) in [5.41, 5.74) is 0.276. The van der Waals surface area contributed by atoms with Gasteiger partial charge in [-0.25, -0.2) is 13.2 Å². The summed E-state index contributed by atoms with van der Waals surface area (Å²) >= 11 is 0. The fourth-order valence-electron chi connectivity index (χ4n) is 5.71. The summed E-state index contributed by atoms with van der Waals surface area (Å²) < 4.78 is 51.4. The Labute approximate surface area is 265 Å². The number of benzene rings is 2. The first-order valence-corrected chi connectivity index (χ1v) is 16.7. The average molecular weight is 648 g/mol. The third-order valence-corrected chi connectivity index (χ3v) is 10.2. The van der Waals surface area contributed by atoms with Crippen LogP contribution in [0.25, 0.3) is 0 Å². The first kappa shape index (κ1) is 34.8.